The molecule has 0 aliphatic heterocycles. The number of hydrogen-bond acceptors (Lipinski definition) is 9. The normalized spacial score (nSPS) is 14.5. The number of aryl methyl sites for hydroxylation is 2. The molecule has 0 spiro atoms. The summed E-state index contributed by atoms with van der Waals surface area (Å²) in [7, 11) is 7.92. The molecule has 1 N–H and O–H groups in total. The molecule has 0 aliphatic carbocycles. The van der Waals surface area contributed by atoms with Crippen LogP contribution >= 0.6 is 0 Å². The molecule has 0 saturated heterocycles. The first-order valence-electron chi connectivity index (χ1n) is 19.8. The zero-order chi connectivity index (χ0) is 42.6. The van der Waals surface area contributed by atoms with Crippen LogP contribution in [0.5, 0.6) is 5.75 Å². The first-order valence-corrected chi connectivity index (χ1v) is 19.8. The Morgan fingerprint density at radius 1 is 0.632 bits per heavy atom. The van der Waals surface area contributed by atoms with E-state index in [1.54, 1.807) is 31.1 Å². The molecule has 11 nitrogen and oxygen atoms in total. The van der Waals surface area contributed by atoms with Crippen molar-refractivity contribution in [1.29, 1.82) is 0 Å². The van der Waals surface area contributed by atoms with E-state index in [1.807, 2.05) is 90.1 Å². The number of phenolic OH excluding ortho intramolecular Hbond substituents is 1. The zero-order valence-electron chi connectivity index (χ0n) is 35.7. The number of hydrogen-bond donors (Lipinski definition) is 1. The molecule has 0 aliphatic rings. The van der Waals surface area contributed by atoms with Crippen molar-refractivity contribution < 1.29 is 38.6 Å². The van der Waals surface area contributed by atoms with E-state index in [4.69, 9.17) is 9.47 Å². The quantitative estimate of drug-likeness (QED) is 0.137. The van der Waals surface area contributed by atoms with Gasteiger partial charge in [-0.25, -0.2) is 4.79 Å². The van der Waals surface area contributed by atoms with Crippen molar-refractivity contribution in [3.05, 3.63) is 101 Å². The smallest absolute Gasteiger partial charge is 0.328 e. The highest BCUT2D eigenvalue weighted by Crippen LogP contribution is 2.26. The summed E-state index contributed by atoms with van der Waals surface area (Å²) < 4.78 is 11.2. The maximum atomic E-state index is 14.6. The Morgan fingerprint density at radius 3 is 1.51 bits per heavy atom. The lowest BCUT2D eigenvalue weighted by Gasteiger charge is -2.36. The molecule has 11 heteroatoms. The van der Waals surface area contributed by atoms with Gasteiger partial charge >= 0.3 is 11.9 Å². The lowest BCUT2D eigenvalue weighted by Crippen LogP contribution is -2.55. The van der Waals surface area contributed by atoms with Gasteiger partial charge in [0.25, 0.3) is 0 Å². The van der Waals surface area contributed by atoms with Gasteiger partial charge in [-0.1, -0.05) is 99.5 Å². The summed E-state index contributed by atoms with van der Waals surface area (Å²) in [5.41, 5.74) is 4.63. The summed E-state index contributed by atoms with van der Waals surface area (Å²) in [6, 6.07) is 19.2. The number of nitrogens with zero attached hydrogens (tertiary/aromatic N) is 3. The van der Waals surface area contributed by atoms with Crippen molar-refractivity contribution in [2.75, 3.05) is 35.3 Å². The van der Waals surface area contributed by atoms with E-state index >= 15 is 0 Å². The molecule has 0 saturated carbocycles. The van der Waals surface area contributed by atoms with Crippen molar-refractivity contribution in [2.24, 2.45) is 17.8 Å². The van der Waals surface area contributed by atoms with Gasteiger partial charge in [0.15, 0.2) is 11.9 Å². The largest absolute Gasteiger partial charge is 0.508 e. The standard InChI is InChI=1S/C46H63N3O8/c1-12-32(6)42(57-46(55)39(47(7)8)26-33-17-13-30(4)14-18-33)41(51)28-37(29(2)3)43(52)48(9)38(25-35-21-23-36(50)24-22-35)44(53)49(10)40(45(54)56-11)27-34-19-15-31(5)16-20-34/h13-24,29,32,37-40,42,50H,12,25-28H2,1-11H3/t32-,37-,38-,39+,40+,42-/m1/s1. The van der Waals surface area contributed by atoms with Crippen LogP contribution in [0.3, 0.4) is 0 Å². The summed E-state index contributed by atoms with van der Waals surface area (Å²) in [4.78, 5) is 74.7. The van der Waals surface area contributed by atoms with Crippen molar-refractivity contribution >= 4 is 29.5 Å². The summed E-state index contributed by atoms with van der Waals surface area (Å²) in [5, 5.41) is 9.95. The van der Waals surface area contributed by atoms with E-state index in [0.29, 0.717) is 18.4 Å². The third-order valence-corrected chi connectivity index (χ3v) is 11.0. The fraction of sp³-hybridized carbons (Fsp3) is 0.500. The maximum absolute atomic E-state index is 14.6. The zero-order valence-corrected chi connectivity index (χ0v) is 35.7. The molecule has 3 aromatic carbocycles. The number of benzene rings is 3. The molecular formula is C46H63N3O8. The SMILES string of the molecule is CC[C@@H](C)[C@@H](OC(=O)[C@H](Cc1ccc(C)cc1)N(C)C)C(=O)C[C@@H](C(=O)N(C)[C@H](Cc1ccc(O)cc1)C(=O)N(C)[C@@H](Cc1ccc(C)cc1)C(=O)OC)C(C)C. The summed E-state index contributed by atoms with van der Waals surface area (Å²) in [6.07, 6.45) is -0.0562. The number of rotatable bonds is 20. The monoisotopic (exact) mass is 785 g/mol. The fourth-order valence-corrected chi connectivity index (χ4v) is 6.79. The van der Waals surface area contributed by atoms with Crippen LogP contribution in [-0.2, 0) is 52.7 Å². The number of ketones is 1. The minimum atomic E-state index is -1.08. The van der Waals surface area contributed by atoms with Gasteiger partial charge in [0.05, 0.1) is 7.11 Å². The van der Waals surface area contributed by atoms with Crippen molar-refractivity contribution in [2.45, 2.75) is 97.9 Å². The summed E-state index contributed by atoms with van der Waals surface area (Å²) in [5.74, 6) is -3.85. The van der Waals surface area contributed by atoms with Gasteiger partial charge in [0.1, 0.15) is 23.9 Å². The van der Waals surface area contributed by atoms with Gasteiger partial charge in [-0.2, -0.15) is 0 Å². The second-order valence-corrected chi connectivity index (χ2v) is 15.9. The van der Waals surface area contributed by atoms with Crippen LogP contribution in [0.15, 0.2) is 72.8 Å². The van der Waals surface area contributed by atoms with Crippen LogP contribution in [0.25, 0.3) is 0 Å². The number of esters is 2. The number of likely N-dealkylation sites (N-methyl/N-ethyl adjacent to an activating group) is 3. The second-order valence-electron chi connectivity index (χ2n) is 15.9. The number of amides is 2. The van der Waals surface area contributed by atoms with E-state index in [9.17, 15) is 29.1 Å². The van der Waals surface area contributed by atoms with Gasteiger partial charge in [-0.05, 0) is 75.5 Å². The Labute approximate surface area is 339 Å². The fourth-order valence-electron chi connectivity index (χ4n) is 6.79. The maximum Gasteiger partial charge on any atom is 0.328 e. The molecule has 0 radical (unpaired) electrons. The van der Waals surface area contributed by atoms with Crippen LogP contribution in [0.4, 0.5) is 0 Å². The highest BCUT2D eigenvalue weighted by Gasteiger charge is 2.40. The van der Waals surface area contributed by atoms with Gasteiger partial charge in [-0.3, -0.25) is 24.1 Å². The van der Waals surface area contributed by atoms with E-state index in [0.717, 1.165) is 22.3 Å². The third-order valence-electron chi connectivity index (χ3n) is 11.0. The van der Waals surface area contributed by atoms with E-state index in [2.05, 4.69) is 0 Å². The number of ether oxygens (including phenoxy) is 2. The predicted molar refractivity (Wildman–Crippen MR) is 221 cm³/mol. The lowest BCUT2D eigenvalue weighted by molar-refractivity contribution is -0.163. The third kappa shape index (κ3) is 13.0. The van der Waals surface area contributed by atoms with Crippen LogP contribution in [0.2, 0.25) is 0 Å². The molecular weight excluding hydrogens is 723 g/mol. The molecule has 0 bridgehead atoms. The molecule has 6 atom stereocenters. The summed E-state index contributed by atoms with van der Waals surface area (Å²) >= 11 is 0. The van der Waals surface area contributed by atoms with Crippen molar-refractivity contribution in [3.8, 4) is 5.75 Å². The van der Waals surface area contributed by atoms with Crippen LogP contribution < -0.4 is 0 Å². The first kappa shape index (κ1) is 46.4. The molecule has 0 heterocycles. The van der Waals surface area contributed by atoms with Gasteiger partial charge in [0.2, 0.25) is 11.8 Å². The molecule has 310 valence electrons. The highest BCUT2D eigenvalue weighted by atomic mass is 16.5. The molecule has 0 fully saturated rings. The number of carbonyl (C=O) groups excluding carboxylic acids is 5. The van der Waals surface area contributed by atoms with E-state index in [-0.39, 0.29) is 42.6 Å². The topological polar surface area (TPSA) is 134 Å². The van der Waals surface area contributed by atoms with Gasteiger partial charge < -0.3 is 24.4 Å². The first-order chi connectivity index (χ1) is 26.9. The molecule has 0 aromatic heterocycles. The molecule has 57 heavy (non-hydrogen) atoms. The summed E-state index contributed by atoms with van der Waals surface area (Å²) in [6.45, 7) is 11.4. The molecule has 0 unspecified atom stereocenters. The highest BCUT2D eigenvalue weighted by molar-refractivity contribution is 5.94. The van der Waals surface area contributed by atoms with Crippen LogP contribution in [0, 0.1) is 31.6 Å². The number of phenols is 1. The molecule has 3 rings (SSSR count). The number of Topliss-reactive ketones (excluding diaryl/α,β-unsaturated/α-hetero) is 1. The average Bonchev–Trinajstić information content (AvgIpc) is 3.19. The minimum Gasteiger partial charge on any atom is -0.508 e. The van der Waals surface area contributed by atoms with Gasteiger partial charge in [-0.15, -0.1) is 0 Å². The average molecular weight is 786 g/mol. The molecule has 3 aromatic rings. The number of aromatic hydroxyl groups is 1. The van der Waals surface area contributed by atoms with Crippen molar-refractivity contribution in [1.82, 2.24) is 14.7 Å². The minimum absolute atomic E-state index is 0.0500. The molecule has 2 amide bonds. The Balaban J connectivity index is 1.93. The van der Waals surface area contributed by atoms with Crippen LogP contribution in [0.1, 0.15) is 68.4 Å². The number of methoxy groups -OCH3 is 1. The van der Waals surface area contributed by atoms with E-state index in [1.165, 1.54) is 43.1 Å². The van der Waals surface area contributed by atoms with Crippen molar-refractivity contribution in [3.63, 3.8) is 0 Å². The Bertz CT molecular complexity index is 1790. The number of carbonyl (C=O) groups is 5. The van der Waals surface area contributed by atoms with Gasteiger partial charge in [0, 0.05) is 45.2 Å². The second kappa shape index (κ2) is 21.5. The predicted octanol–water partition coefficient (Wildman–Crippen LogP) is 5.98. The Kier molecular flexibility index (Phi) is 17.5. The van der Waals surface area contributed by atoms with Crippen LogP contribution in [-0.4, -0.2) is 109 Å². The lowest BCUT2D eigenvalue weighted by atomic mass is 9.85. The van der Waals surface area contributed by atoms with E-state index < -0.39 is 53.9 Å². The Morgan fingerprint density at radius 2 is 1.07 bits per heavy atom. The Hall–Kier alpha value is -5.03.